The first kappa shape index (κ1) is 19.6. The highest BCUT2D eigenvalue weighted by Gasteiger charge is 2.22. The van der Waals surface area contributed by atoms with E-state index in [0.717, 1.165) is 11.3 Å². The summed E-state index contributed by atoms with van der Waals surface area (Å²) in [5.41, 5.74) is 2.09. The maximum absolute atomic E-state index is 12.6. The molecule has 2 atom stereocenters. The van der Waals surface area contributed by atoms with E-state index in [1.165, 1.54) is 4.52 Å². The van der Waals surface area contributed by atoms with Crippen molar-refractivity contribution in [2.24, 2.45) is 0 Å². The zero-order chi connectivity index (χ0) is 20.3. The summed E-state index contributed by atoms with van der Waals surface area (Å²) in [5.74, 6) is 0.481. The molecule has 2 N–H and O–H groups in total. The summed E-state index contributed by atoms with van der Waals surface area (Å²) in [6.45, 7) is 3.60. The molecule has 0 saturated heterocycles. The molecule has 0 bridgehead atoms. The van der Waals surface area contributed by atoms with Crippen LogP contribution >= 0.6 is 0 Å². The van der Waals surface area contributed by atoms with Crippen LogP contribution in [-0.2, 0) is 16.0 Å². The molecule has 0 aliphatic rings. The summed E-state index contributed by atoms with van der Waals surface area (Å²) in [4.78, 5) is 29.5. The van der Waals surface area contributed by atoms with Crippen molar-refractivity contribution in [3.63, 3.8) is 0 Å². The van der Waals surface area contributed by atoms with Crippen LogP contribution in [0, 0.1) is 6.92 Å². The van der Waals surface area contributed by atoms with Crippen LogP contribution in [0.2, 0.25) is 0 Å². The molecular formula is C20H24N4O4. The highest BCUT2D eigenvalue weighted by atomic mass is 16.5. The summed E-state index contributed by atoms with van der Waals surface area (Å²) in [5, 5.41) is 5.73. The normalized spacial score (nSPS) is 13.3. The Morgan fingerprint density at radius 2 is 1.96 bits per heavy atom. The Hall–Kier alpha value is -3.13. The van der Waals surface area contributed by atoms with Crippen molar-refractivity contribution in [2.45, 2.75) is 32.4 Å². The Labute approximate surface area is 162 Å². The molecular weight excluding hydrogens is 360 g/mol. The molecule has 2 heterocycles. The fourth-order valence-corrected chi connectivity index (χ4v) is 3.27. The second-order valence-electron chi connectivity index (χ2n) is 6.60. The van der Waals surface area contributed by atoms with Gasteiger partial charge in [0, 0.05) is 30.6 Å². The maximum Gasteiger partial charge on any atom is 0.276 e. The van der Waals surface area contributed by atoms with Gasteiger partial charge in [-0.25, -0.2) is 9.50 Å². The van der Waals surface area contributed by atoms with Crippen LogP contribution in [-0.4, -0.2) is 40.8 Å². The molecule has 0 aliphatic heterocycles. The fraction of sp³-hybridized carbons (Fsp3) is 0.350. The maximum atomic E-state index is 12.6. The highest BCUT2D eigenvalue weighted by Crippen LogP contribution is 2.23. The number of ether oxygens (including phenoxy) is 2. The molecule has 8 nitrogen and oxygen atoms in total. The SMILES string of the molecule is COc1ccc([C@@H](OC)[C@@H](C)NC(=O)Cc2c(C)nc3cc[nH]n3c2=O)cc1. The van der Waals surface area contributed by atoms with E-state index in [1.54, 1.807) is 33.4 Å². The lowest BCUT2D eigenvalue weighted by Gasteiger charge is -2.24. The first-order chi connectivity index (χ1) is 13.4. The van der Waals surface area contributed by atoms with Crippen molar-refractivity contribution in [1.82, 2.24) is 19.9 Å². The molecule has 0 saturated carbocycles. The van der Waals surface area contributed by atoms with Gasteiger partial charge >= 0.3 is 0 Å². The Bertz CT molecular complexity index is 1020. The van der Waals surface area contributed by atoms with Gasteiger partial charge in [0.2, 0.25) is 5.91 Å². The number of aromatic amines is 1. The van der Waals surface area contributed by atoms with Gasteiger partial charge in [0.25, 0.3) is 5.56 Å². The van der Waals surface area contributed by atoms with Crippen LogP contribution in [0.4, 0.5) is 0 Å². The van der Waals surface area contributed by atoms with E-state index in [9.17, 15) is 9.59 Å². The number of carbonyl (C=O) groups is 1. The highest BCUT2D eigenvalue weighted by molar-refractivity contribution is 5.79. The van der Waals surface area contributed by atoms with Crippen molar-refractivity contribution in [2.75, 3.05) is 14.2 Å². The predicted molar refractivity (Wildman–Crippen MR) is 105 cm³/mol. The lowest BCUT2D eigenvalue weighted by Crippen LogP contribution is -2.39. The van der Waals surface area contributed by atoms with Crippen LogP contribution < -0.4 is 15.6 Å². The van der Waals surface area contributed by atoms with Crippen LogP contribution in [0.1, 0.15) is 29.8 Å². The van der Waals surface area contributed by atoms with Gasteiger partial charge in [0.05, 0.1) is 19.6 Å². The summed E-state index contributed by atoms with van der Waals surface area (Å²) in [7, 11) is 3.20. The number of H-pyrrole nitrogens is 1. The minimum atomic E-state index is -0.332. The lowest BCUT2D eigenvalue weighted by atomic mass is 10.0. The number of methoxy groups -OCH3 is 2. The van der Waals surface area contributed by atoms with Gasteiger partial charge in [0.1, 0.15) is 11.9 Å². The molecule has 0 fully saturated rings. The zero-order valence-corrected chi connectivity index (χ0v) is 16.4. The minimum Gasteiger partial charge on any atom is -0.497 e. The molecule has 0 aliphatic carbocycles. The monoisotopic (exact) mass is 384 g/mol. The molecule has 0 spiro atoms. The van der Waals surface area contributed by atoms with Gasteiger partial charge in [-0.05, 0) is 31.5 Å². The van der Waals surface area contributed by atoms with Crippen molar-refractivity contribution in [3.8, 4) is 5.75 Å². The van der Waals surface area contributed by atoms with E-state index in [2.05, 4.69) is 15.4 Å². The van der Waals surface area contributed by atoms with E-state index < -0.39 is 0 Å². The van der Waals surface area contributed by atoms with Crippen LogP contribution in [0.25, 0.3) is 5.65 Å². The van der Waals surface area contributed by atoms with Crippen LogP contribution in [0.15, 0.2) is 41.3 Å². The Morgan fingerprint density at radius 1 is 1.25 bits per heavy atom. The summed E-state index contributed by atoms with van der Waals surface area (Å²) in [6, 6.07) is 8.90. The quantitative estimate of drug-likeness (QED) is 0.647. The Morgan fingerprint density at radius 3 is 2.61 bits per heavy atom. The van der Waals surface area contributed by atoms with Gasteiger partial charge in [0.15, 0.2) is 5.65 Å². The number of nitrogens with one attached hydrogen (secondary N) is 2. The van der Waals surface area contributed by atoms with Crippen molar-refractivity contribution in [1.29, 1.82) is 0 Å². The molecule has 8 heteroatoms. The van der Waals surface area contributed by atoms with Crippen LogP contribution in [0.5, 0.6) is 5.75 Å². The summed E-state index contributed by atoms with van der Waals surface area (Å²) < 4.78 is 12.1. The van der Waals surface area contributed by atoms with E-state index in [4.69, 9.17) is 9.47 Å². The third-order valence-electron chi connectivity index (χ3n) is 4.72. The molecule has 148 valence electrons. The van der Waals surface area contributed by atoms with E-state index in [1.807, 2.05) is 31.2 Å². The van der Waals surface area contributed by atoms with Gasteiger partial charge in [-0.1, -0.05) is 12.1 Å². The smallest absolute Gasteiger partial charge is 0.276 e. The number of aromatic nitrogens is 3. The molecule has 28 heavy (non-hydrogen) atoms. The number of nitrogens with zero attached hydrogens (tertiary/aromatic N) is 2. The number of benzene rings is 1. The zero-order valence-electron chi connectivity index (χ0n) is 16.4. The van der Waals surface area contributed by atoms with Gasteiger partial charge < -0.3 is 14.8 Å². The second kappa shape index (κ2) is 8.26. The number of fused-ring (bicyclic) bond motifs is 1. The van der Waals surface area contributed by atoms with E-state index in [-0.39, 0.29) is 30.0 Å². The molecule has 2 aromatic heterocycles. The van der Waals surface area contributed by atoms with E-state index in [0.29, 0.717) is 16.9 Å². The molecule has 3 rings (SSSR count). The van der Waals surface area contributed by atoms with Crippen LogP contribution in [0.3, 0.4) is 0 Å². The Kier molecular flexibility index (Phi) is 5.79. The molecule has 1 amide bonds. The minimum absolute atomic E-state index is 0.0526. The number of rotatable bonds is 7. The first-order valence-electron chi connectivity index (χ1n) is 8.96. The number of hydrogen-bond acceptors (Lipinski definition) is 5. The average Bonchev–Trinajstić information content (AvgIpc) is 3.14. The number of aryl methyl sites for hydroxylation is 1. The number of amides is 1. The molecule has 1 aromatic carbocycles. The fourth-order valence-electron chi connectivity index (χ4n) is 3.27. The standard InChI is InChI=1S/C20H24N4O4/c1-12-16(20(26)24-17(22-12)9-10-21-24)11-18(25)23-13(2)19(28-4)14-5-7-15(27-3)8-6-14/h5-10,13,19,21H,11H2,1-4H3,(H,23,25)/t13-,19+/m1/s1. The summed E-state index contributed by atoms with van der Waals surface area (Å²) in [6.07, 6.45) is 1.25. The molecule has 0 radical (unpaired) electrons. The number of carbonyl (C=O) groups excluding carboxylic acids is 1. The first-order valence-corrected chi connectivity index (χ1v) is 8.96. The Balaban J connectivity index is 1.73. The largest absolute Gasteiger partial charge is 0.497 e. The van der Waals surface area contributed by atoms with Crippen molar-refractivity contribution >= 4 is 11.6 Å². The van der Waals surface area contributed by atoms with Gasteiger partial charge in [-0.15, -0.1) is 0 Å². The predicted octanol–water partition coefficient (Wildman–Crippen LogP) is 1.77. The van der Waals surface area contributed by atoms with Crippen molar-refractivity contribution < 1.29 is 14.3 Å². The van der Waals surface area contributed by atoms with E-state index >= 15 is 0 Å². The topological polar surface area (TPSA) is 97.7 Å². The summed E-state index contributed by atoms with van der Waals surface area (Å²) >= 11 is 0. The third kappa shape index (κ3) is 3.91. The van der Waals surface area contributed by atoms with Crippen molar-refractivity contribution in [3.05, 3.63) is 63.7 Å². The third-order valence-corrected chi connectivity index (χ3v) is 4.72. The lowest BCUT2D eigenvalue weighted by molar-refractivity contribution is -0.122. The molecule has 3 aromatic rings. The average molecular weight is 384 g/mol. The van der Waals surface area contributed by atoms with Gasteiger partial charge in [-0.3, -0.25) is 14.7 Å². The number of hydrogen-bond donors (Lipinski definition) is 2. The van der Waals surface area contributed by atoms with Gasteiger partial charge in [-0.2, -0.15) is 0 Å². The second-order valence-corrected chi connectivity index (χ2v) is 6.60. The molecule has 0 unspecified atom stereocenters.